The Labute approximate surface area is 211 Å². The van der Waals surface area contributed by atoms with E-state index in [1.165, 1.54) is 41.6 Å². The van der Waals surface area contributed by atoms with Crippen LogP contribution in [0, 0.1) is 18.8 Å². The molecule has 6 heteroatoms. The molecule has 0 bridgehead atoms. The lowest BCUT2D eigenvalue weighted by atomic mass is 9.69. The van der Waals surface area contributed by atoms with Crippen LogP contribution in [-0.4, -0.2) is 30.1 Å². The first-order valence-electron chi connectivity index (χ1n) is 13.1. The summed E-state index contributed by atoms with van der Waals surface area (Å²) in [6.07, 6.45) is 8.35. The van der Waals surface area contributed by atoms with Gasteiger partial charge in [0.15, 0.2) is 0 Å². The number of aromatic nitrogens is 1. The number of carbonyl (C=O) groups excluding carboxylic acids is 1. The van der Waals surface area contributed by atoms with Gasteiger partial charge in [-0.3, -0.25) is 4.79 Å². The molecular formula is C29H46N2O4. The SMILES string of the molecule is CCc1c(C(CC)CC=O)noc1C1CC(CC(C)C)C1.CCc1cc(C)ccc1NC.O=CO. The summed E-state index contributed by atoms with van der Waals surface area (Å²) in [4.78, 5) is 19.2. The zero-order valence-corrected chi connectivity index (χ0v) is 22.8. The van der Waals surface area contributed by atoms with Crippen molar-refractivity contribution in [3.63, 3.8) is 0 Å². The van der Waals surface area contributed by atoms with E-state index < -0.39 is 0 Å². The zero-order chi connectivity index (χ0) is 26.4. The van der Waals surface area contributed by atoms with Crippen LogP contribution in [0.1, 0.15) is 107 Å². The predicted molar refractivity (Wildman–Crippen MR) is 143 cm³/mol. The van der Waals surface area contributed by atoms with Gasteiger partial charge < -0.3 is 19.7 Å². The first-order chi connectivity index (χ1) is 16.8. The van der Waals surface area contributed by atoms with E-state index in [1.807, 2.05) is 7.05 Å². The van der Waals surface area contributed by atoms with Gasteiger partial charge in [-0.15, -0.1) is 0 Å². The monoisotopic (exact) mass is 486 g/mol. The van der Waals surface area contributed by atoms with Crippen LogP contribution in [-0.2, 0) is 22.4 Å². The molecule has 1 aromatic carbocycles. The number of nitrogens with one attached hydrogen (secondary N) is 1. The number of anilines is 1. The number of nitrogens with zero attached hydrogens (tertiary/aromatic N) is 1. The highest BCUT2D eigenvalue weighted by molar-refractivity contribution is 5.52. The van der Waals surface area contributed by atoms with Crippen molar-refractivity contribution in [2.45, 2.75) is 98.3 Å². The summed E-state index contributed by atoms with van der Waals surface area (Å²) >= 11 is 0. The van der Waals surface area contributed by atoms with Gasteiger partial charge in [-0.05, 0) is 68.9 Å². The van der Waals surface area contributed by atoms with Crippen LogP contribution >= 0.6 is 0 Å². The largest absolute Gasteiger partial charge is 0.483 e. The smallest absolute Gasteiger partial charge is 0.290 e. The lowest BCUT2D eigenvalue weighted by Gasteiger charge is -2.35. The highest BCUT2D eigenvalue weighted by Crippen LogP contribution is 2.46. The van der Waals surface area contributed by atoms with Gasteiger partial charge in [0, 0.05) is 36.6 Å². The Morgan fingerprint density at radius 3 is 2.31 bits per heavy atom. The third kappa shape index (κ3) is 9.15. The van der Waals surface area contributed by atoms with Gasteiger partial charge in [0.05, 0.1) is 5.69 Å². The summed E-state index contributed by atoms with van der Waals surface area (Å²) in [7, 11) is 1.96. The minimum atomic E-state index is -0.250. The van der Waals surface area contributed by atoms with Gasteiger partial charge in [-0.2, -0.15) is 0 Å². The Bertz CT molecular complexity index is 885. The van der Waals surface area contributed by atoms with Crippen molar-refractivity contribution >= 4 is 18.4 Å². The molecule has 1 aromatic heterocycles. The number of aldehydes is 1. The van der Waals surface area contributed by atoms with Crippen molar-refractivity contribution in [1.82, 2.24) is 5.16 Å². The van der Waals surface area contributed by atoms with E-state index in [2.05, 4.69) is 70.2 Å². The molecule has 6 nitrogen and oxygen atoms in total. The summed E-state index contributed by atoms with van der Waals surface area (Å²) in [5, 5.41) is 14.4. The summed E-state index contributed by atoms with van der Waals surface area (Å²) < 4.78 is 5.71. The molecule has 1 unspecified atom stereocenters. The van der Waals surface area contributed by atoms with Crippen LogP contribution in [0.5, 0.6) is 0 Å². The Balaban J connectivity index is 0.000000366. The van der Waals surface area contributed by atoms with Crippen molar-refractivity contribution in [2.75, 3.05) is 12.4 Å². The normalized spacial score (nSPS) is 17.3. The summed E-state index contributed by atoms with van der Waals surface area (Å²) in [5.74, 6) is 3.52. The zero-order valence-electron chi connectivity index (χ0n) is 22.8. The van der Waals surface area contributed by atoms with Crippen LogP contribution in [0.3, 0.4) is 0 Å². The molecule has 1 heterocycles. The standard InChI is InChI=1S/C18H29NO2.C10H15N.CH2O2/c1-5-14(7-8-20)17-16(6-2)18(21-19-17)15-10-13(11-15)9-12(3)4;1-4-9-7-8(2)5-6-10(9)11-3;2-1-3/h8,12-15H,5-7,9-11H2,1-4H3;5-7,11H,4H2,1-3H3;1H,(H,2,3). The van der Waals surface area contributed by atoms with Crippen LogP contribution < -0.4 is 5.32 Å². The number of carbonyl (C=O) groups is 2. The minimum absolute atomic E-state index is 0.224. The third-order valence-corrected chi connectivity index (χ3v) is 6.78. The van der Waals surface area contributed by atoms with Gasteiger partial charge in [-0.1, -0.05) is 57.5 Å². The highest BCUT2D eigenvalue weighted by Gasteiger charge is 2.36. The molecule has 1 aliphatic rings. The third-order valence-electron chi connectivity index (χ3n) is 6.78. The van der Waals surface area contributed by atoms with Gasteiger partial charge in [0.25, 0.3) is 6.47 Å². The van der Waals surface area contributed by atoms with E-state index in [-0.39, 0.29) is 12.4 Å². The number of benzene rings is 1. The van der Waals surface area contributed by atoms with Crippen molar-refractivity contribution in [1.29, 1.82) is 0 Å². The fourth-order valence-electron chi connectivity index (χ4n) is 4.99. The molecule has 1 aliphatic carbocycles. The average molecular weight is 487 g/mol. The minimum Gasteiger partial charge on any atom is -0.483 e. The Kier molecular flexibility index (Phi) is 14.0. The fraction of sp³-hybridized carbons (Fsp3) is 0.621. The molecule has 0 radical (unpaired) electrons. The summed E-state index contributed by atoms with van der Waals surface area (Å²) in [5.41, 5.74) is 6.29. The summed E-state index contributed by atoms with van der Waals surface area (Å²) in [6, 6.07) is 6.49. The van der Waals surface area contributed by atoms with Crippen molar-refractivity contribution < 1.29 is 19.2 Å². The van der Waals surface area contributed by atoms with E-state index in [4.69, 9.17) is 14.4 Å². The van der Waals surface area contributed by atoms with Gasteiger partial charge in [-0.25, -0.2) is 0 Å². The molecule has 35 heavy (non-hydrogen) atoms. The second-order valence-electron chi connectivity index (χ2n) is 9.81. The molecule has 0 amide bonds. The van der Waals surface area contributed by atoms with Crippen molar-refractivity contribution in [3.8, 4) is 0 Å². The molecule has 3 rings (SSSR count). The average Bonchev–Trinajstić information content (AvgIpc) is 3.23. The van der Waals surface area contributed by atoms with Crippen LogP contribution in [0.15, 0.2) is 22.7 Å². The predicted octanol–water partition coefficient (Wildman–Crippen LogP) is 7.16. The molecule has 0 spiro atoms. The molecule has 1 saturated carbocycles. The lowest BCUT2D eigenvalue weighted by molar-refractivity contribution is -0.122. The quantitative estimate of drug-likeness (QED) is 0.346. The van der Waals surface area contributed by atoms with E-state index in [0.717, 1.165) is 48.8 Å². The van der Waals surface area contributed by atoms with Gasteiger partial charge >= 0.3 is 0 Å². The highest BCUT2D eigenvalue weighted by atomic mass is 16.5. The Hall–Kier alpha value is -2.63. The molecule has 0 saturated heterocycles. The van der Waals surface area contributed by atoms with Crippen molar-refractivity contribution in [3.05, 3.63) is 46.3 Å². The molecular weight excluding hydrogens is 440 g/mol. The van der Waals surface area contributed by atoms with Crippen molar-refractivity contribution in [2.24, 2.45) is 11.8 Å². The van der Waals surface area contributed by atoms with E-state index in [1.54, 1.807) is 0 Å². The number of hydrogen-bond acceptors (Lipinski definition) is 5. The van der Waals surface area contributed by atoms with Crippen LogP contribution in [0.4, 0.5) is 5.69 Å². The Morgan fingerprint density at radius 2 is 1.83 bits per heavy atom. The van der Waals surface area contributed by atoms with Gasteiger partial charge in [0.1, 0.15) is 12.0 Å². The maximum absolute atomic E-state index is 10.8. The molecule has 0 aliphatic heterocycles. The number of rotatable bonds is 10. The molecule has 2 aromatic rings. The first-order valence-corrected chi connectivity index (χ1v) is 13.1. The molecule has 1 atom stereocenters. The van der Waals surface area contributed by atoms with E-state index in [9.17, 15) is 4.79 Å². The first kappa shape index (κ1) is 30.4. The van der Waals surface area contributed by atoms with E-state index >= 15 is 0 Å². The van der Waals surface area contributed by atoms with Gasteiger partial charge in [0.2, 0.25) is 0 Å². The number of hydrogen-bond donors (Lipinski definition) is 2. The lowest BCUT2D eigenvalue weighted by Crippen LogP contribution is -2.23. The van der Waals surface area contributed by atoms with E-state index in [0.29, 0.717) is 12.3 Å². The van der Waals surface area contributed by atoms with Crippen LogP contribution in [0.25, 0.3) is 0 Å². The summed E-state index contributed by atoms with van der Waals surface area (Å²) in [6.45, 7) is 12.9. The molecule has 196 valence electrons. The second kappa shape index (κ2) is 16.1. The number of carboxylic acid groups (broad SMARTS) is 1. The number of aryl methyl sites for hydroxylation is 2. The molecule has 2 N–H and O–H groups in total. The Morgan fingerprint density at radius 1 is 1.17 bits per heavy atom. The van der Waals surface area contributed by atoms with Crippen LogP contribution in [0.2, 0.25) is 0 Å². The second-order valence-corrected chi connectivity index (χ2v) is 9.81. The molecule has 1 fully saturated rings. The maximum Gasteiger partial charge on any atom is 0.290 e. The fourth-order valence-corrected chi connectivity index (χ4v) is 4.99. The maximum atomic E-state index is 10.8. The topological polar surface area (TPSA) is 92.4 Å².